The van der Waals surface area contributed by atoms with E-state index in [0.29, 0.717) is 11.1 Å². The molecule has 0 saturated carbocycles. The first-order chi connectivity index (χ1) is 11.2. The predicted octanol–water partition coefficient (Wildman–Crippen LogP) is 3.08. The maximum atomic E-state index is 12.5. The van der Waals surface area contributed by atoms with Crippen molar-refractivity contribution < 1.29 is 14.1 Å². The molecule has 1 aliphatic rings. The molecule has 0 amide bonds. The van der Waals surface area contributed by atoms with Gasteiger partial charge in [0.05, 0.1) is 6.20 Å². The summed E-state index contributed by atoms with van der Waals surface area (Å²) in [6, 6.07) is 18.2. The molecule has 4 nitrogen and oxygen atoms in total. The van der Waals surface area contributed by atoms with Gasteiger partial charge in [-0.25, -0.2) is 9.48 Å². The summed E-state index contributed by atoms with van der Waals surface area (Å²) >= 11 is 0. The van der Waals surface area contributed by atoms with Gasteiger partial charge >= 0.3 is 0 Å². The highest BCUT2D eigenvalue weighted by atomic mass is 16.1. The summed E-state index contributed by atoms with van der Waals surface area (Å²) in [5, 5.41) is 0. The summed E-state index contributed by atoms with van der Waals surface area (Å²) in [4.78, 5) is 29.1. The van der Waals surface area contributed by atoms with Crippen LogP contribution in [0.2, 0.25) is 0 Å². The number of hydrogen-bond acceptors (Lipinski definition) is 3. The van der Waals surface area contributed by atoms with Crippen molar-refractivity contribution in [3.8, 4) is 0 Å². The molecular formula is C19H17N2O2+. The van der Waals surface area contributed by atoms with Gasteiger partial charge < -0.3 is 0 Å². The molecule has 0 radical (unpaired) electrons. The number of Topliss-reactive ketones (excluding diaryl/α,β-unsaturated/α-hetero) is 2. The highest BCUT2D eigenvalue weighted by Gasteiger charge is 2.33. The van der Waals surface area contributed by atoms with E-state index in [1.807, 2.05) is 36.4 Å². The Labute approximate surface area is 135 Å². The van der Waals surface area contributed by atoms with E-state index in [1.54, 1.807) is 43.0 Å². The van der Waals surface area contributed by atoms with Crippen molar-refractivity contribution >= 4 is 17.9 Å². The largest absolute Gasteiger partial charge is 0.288 e. The van der Waals surface area contributed by atoms with Crippen LogP contribution in [0.15, 0.2) is 78.1 Å². The third kappa shape index (κ3) is 3.49. The van der Waals surface area contributed by atoms with Gasteiger partial charge in [0.2, 0.25) is 11.6 Å². The molecule has 0 bridgehead atoms. The molecule has 2 aromatic rings. The minimum Gasteiger partial charge on any atom is -0.288 e. The van der Waals surface area contributed by atoms with Crippen LogP contribution in [-0.2, 0) is 0 Å². The fourth-order valence-electron chi connectivity index (χ4n) is 2.59. The van der Waals surface area contributed by atoms with Crippen LogP contribution in [0.1, 0.15) is 20.7 Å². The van der Waals surface area contributed by atoms with Crippen LogP contribution >= 0.6 is 0 Å². The molecule has 1 heterocycles. The van der Waals surface area contributed by atoms with Crippen LogP contribution in [-0.4, -0.2) is 35.5 Å². The Morgan fingerprint density at radius 2 is 1.26 bits per heavy atom. The second-order valence-corrected chi connectivity index (χ2v) is 5.56. The third-order valence-electron chi connectivity index (χ3n) is 3.81. The van der Waals surface area contributed by atoms with E-state index >= 15 is 0 Å². The summed E-state index contributed by atoms with van der Waals surface area (Å²) in [5.74, 6) is -0.0195. The number of rotatable bonds is 6. The lowest BCUT2D eigenvalue weighted by atomic mass is 10.1. The maximum Gasteiger partial charge on any atom is 0.217 e. The lowest BCUT2D eigenvalue weighted by molar-refractivity contribution is -0.759. The minimum absolute atomic E-state index is 0.00976. The number of nitrogens with zero attached hydrogens (tertiary/aromatic N) is 2. The smallest absolute Gasteiger partial charge is 0.217 e. The molecule has 0 saturated heterocycles. The molecule has 114 valence electrons. The van der Waals surface area contributed by atoms with E-state index < -0.39 is 0 Å². The minimum atomic E-state index is -0.00976. The number of hydrogen-bond donors (Lipinski definition) is 0. The lowest BCUT2D eigenvalue weighted by Crippen LogP contribution is -2.47. The Balaban J connectivity index is 1.78. The van der Waals surface area contributed by atoms with Gasteiger partial charge in [0.15, 0.2) is 19.4 Å². The fraction of sp³-hybridized carbons (Fsp3) is 0.105. The normalized spacial score (nSPS) is 14.8. The Morgan fingerprint density at radius 3 is 1.65 bits per heavy atom. The fourth-order valence-corrected chi connectivity index (χ4v) is 2.59. The molecule has 3 rings (SSSR count). The van der Waals surface area contributed by atoms with Crippen LogP contribution in [0.5, 0.6) is 0 Å². The molecule has 23 heavy (non-hydrogen) atoms. The molecular weight excluding hydrogens is 288 g/mol. The van der Waals surface area contributed by atoms with Crippen molar-refractivity contribution in [3.63, 3.8) is 0 Å². The van der Waals surface area contributed by atoms with Crippen molar-refractivity contribution in [2.45, 2.75) is 0 Å². The average molecular weight is 305 g/mol. The van der Waals surface area contributed by atoms with Crippen molar-refractivity contribution in [3.05, 3.63) is 84.2 Å². The number of ketones is 2. The monoisotopic (exact) mass is 305 g/mol. The molecule has 0 aliphatic carbocycles. The Kier molecular flexibility index (Phi) is 4.26. The highest BCUT2D eigenvalue weighted by molar-refractivity contribution is 5.99. The first-order valence-corrected chi connectivity index (χ1v) is 7.44. The Morgan fingerprint density at radius 1 is 0.783 bits per heavy atom. The van der Waals surface area contributed by atoms with E-state index in [0.717, 1.165) is 0 Å². The topological polar surface area (TPSA) is 46.5 Å². The molecule has 0 spiro atoms. The van der Waals surface area contributed by atoms with Gasteiger partial charge in [0.1, 0.15) is 6.20 Å². The maximum absolute atomic E-state index is 12.5. The van der Waals surface area contributed by atoms with Crippen LogP contribution in [0.4, 0.5) is 0 Å². The van der Waals surface area contributed by atoms with Crippen LogP contribution in [0.3, 0.4) is 0 Å². The number of benzene rings is 2. The van der Waals surface area contributed by atoms with Gasteiger partial charge in [-0.15, -0.1) is 0 Å². The zero-order chi connectivity index (χ0) is 16.1. The van der Waals surface area contributed by atoms with E-state index in [1.165, 1.54) is 0 Å². The van der Waals surface area contributed by atoms with Gasteiger partial charge in [-0.05, 0) is 0 Å². The Bertz CT molecular complexity index is 697. The van der Waals surface area contributed by atoms with E-state index in [2.05, 4.69) is 4.99 Å². The van der Waals surface area contributed by atoms with Crippen molar-refractivity contribution in [2.75, 3.05) is 13.1 Å². The van der Waals surface area contributed by atoms with Gasteiger partial charge in [-0.3, -0.25) is 9.59 Å². The summed E-state index contributed by atoms with van der Waals surface area (Å²) in [7, 11) is 0. The predicted molar refractivity (Wildman–Crippen MR) is 89.2 cm³/mol. The van der Waals surface area contributed by atoms with Crippen molar-refractivity contribution in [2.24, 2.45) is 4.99 Å². The first kappa shape index (κ1) is 15.1. The van der Waals surface area contributed by atoms with Crippen LogP contribution < -0.4 is 0 Å². The molecule has 1 aliphatic heterocycles. The first-order valence-electron chi connectivity index (χ1n) is 7.44. The average Bonchev–Trinajstić information content (AvgIpc) is 3.04. The molecule has 0 fully saturated rings. The van der Waals surface area contributed by atoms with Crippen molar-refractivity contribution in [1.29, 1.82) is 0 Å². The zero-order valence-electron chi connectivity index (χ0n) is 12.6. The Hall–Kier alpha value is -2.85. The molecule has 0 atom stereocenters. The molecule has 0 unspecified atom stereocenters. The molecule has 0 aromatic heterocycles. The standard InChI is InChI=1S/C19H17N2O2/c22-18(16-7-3-1-4-8-16)13-21(12-11-20-15-21)14-19(23)17-9-5-2-6-10-17/h1-12,15H,13-14H2/q+1. The molecule has 0 N–H and O–H groups in total. The lowest BCUT2D eigenvalue weighted by Gasteiger charge is -2.25. The highest BCUT2D eigenvalue weighted by Crippen LogP contribution is 2.16. The van der Waals surface area contributed by atoms with Gasteiger partial charge in [-0.1, -0.05) is 60.7 Å². The summed E-state index contributed by atoms with van der Waals surface area (Å²) < 4.78 is 0.126. The van der Waals surface area contributed by atoms with Gasteiger partial charge in [0.25, 0.3) is 0 Å². The van der Waals surface area contributed by atoms with E-state index in [9.17, 15) is 9.59 Å². The quantitative estimate of drug-likeness (QED) is 0.608. The summed E-state index contributed by atoms with van der Waals surface area (Å²) in [5.41, 5.74) is 1.29. The van der Waals surface area contributed by atoms with E-state index in [4.69, 9.17) is 0 Å². The van der Waals surface area contributed by atoms with Gasteiger partial charge in [-0.2, -0.15) is 0 Å². The number of carbonyl (C=O) groups is 2. The summed E-state index contributed by atoms with van der Waals surface area (Å²) in [6.07, 6.45) is 5.08. The zero-order valence-corrected chi connectivity index (χ0v) is 12.6. The number of quaternary nitrogens is 1. The third-order valence-corrected chi connectivity index (χ3v) is 3.81. The van der Waals surface area contributed by atoms with Crippen LogP contribution in [0, 0.1) is 0 Å². The summed E-state index contributed by atoms with van der Waals surface area (Å²) in [6.45, 7) is 0.366. The number of aliphatic imine (C=N–C) groups is 1. The van der Waals surface area contributed by atoms with Crippen molar-refractivity contribution in [1.82, 2.24) is 0 Å². The SMILES string of the molecule is O=C(C[N+]1(CC(=O)c2ccccc2)C=CN=C1)c1ccccc1. The number of carbonyl (C=O) groups excluding carboxylic acids is 2. The molecule has 2 aromatic carbocycles. The van der Waals surface area contributed by atoms with E-state index in [-0.39, 0.29) is 29.1 Å². The molecule has 4 heteroatoms. The second-order valence-electron chi connectivity index (χ2n) is 5.56. The second kappa shape index (κ2) is 6.50. The van der Waals surface area contributed by atoms with Crippen LogP contribution in [0.25, 0.3) is 0 Å². The van der Waals surface area contributed by atoms with Gasteiger partial charge in [0, 0.05) is 11.1 Å².